The van der Waals surface area contributed by atoms with Gasteiger partial charge in [0, 0.05) is 36.4 Å². The van der Waals surface area contributed by atoms with Crippen molar-refractivity contribution in [3.8, 4) is 5.75 Å². The molecule has 17 heavy (non-hydrogen) atoms. The van der Waals surface area contributed by atoms with Gasteiger partial charge in [0.25, 0.3) is 0 Å². The number of ether oxygens (including phenoxy) is 1. The third-order valence-corrected chi connectivity index (χ3v) is 3.50. The van der Waals surface area contributed by atoms with Crippen LogP contribution in [0.1, 0.15) is 31.7 Å². The average molecular weight is 235 g/mol. The van der Waals surface area contributed by atoms with Crippen molar-refractivity contribution in [2.75, 3.05) is 25.2 Å². The molecule has 1 atom stereocenters. The summed E-state index contributed by atoms with van der Waals surface area (Å²) in [5.74, 6) is 1.33. The van der Waals surface area contributed by atoms with Crippen molar-refractivity contribution in [2.45, 2.75) is 32.2 Å². The Hall–Kier alpha value is -1.22. The molecule has 0 aliphatic carbocycles. The lowest BCUT2D eigenvalue weighted by atomic mass is 9.97. The molecule has 3 nitrogen and oxygen atoms in total. The minimum Gasteiger partial charge on any atom is -0.496 e. The third-order valence-electron chi connectivity index (χ3n) is 3.50. The fourth-order valence-electron chi connectivity index (χ4n) is 2.68. The van der Waals surface area contributed by atoms with Crippen LogP contribution in [-0.2, 0) is 0 Å². The number of nitrogens with zero attached hydrogens (tertiary/aromatic N) is 1. The van der Waals surface area contributed by atoms with Gasteiger partial charge in [-0.15, -0.1) is 0 Å². The molecule has 94 valence electrons. The first-order chi connectivity index (χ1) is 8.19. The summed E-state index contributed by atoms with van der Waals surface area (Å²) in [5.41, 5.74) is 2.52. The summed E-state index contributed by atoms with van der Waals surface area (Å²) in [7, 11) is 1.71. The summed E-state index contributed by atoms with van der Waals surface area (Å²) < 4.78 is 5.45. The molecule has 3 heteroatoms. The molecule has 0 bridgehead atoms. The van der Waals surface area contributed by atoms with Crippen LogP contribution < -0.4 is 9.64 Å². The van der Waals surface area contributed by atoms with Gasteiger partial charge in [-0.2, -0.15) is 0 Å². The van der Waals surface area contributed by atoms with E-state index < -0.39 is 0 Å². The van der Waals surface area contributed by atoms with Gasteiger partial charge >= 0.3 is 0 Å². The van der Waals surface area contributed by atoms with E-state index in [4.69, 9.17) is 4.74 Å². The molecule has 0 amide bonds. The number of hydrogen-bond donors (Lipinski definition) is 1. The number of hydrogen-bond acceptors (Lipinski definition) is 3. The molecule has 1 aliphatic rings. The van der Waals surface area contributed by atoms with Crippen LogP contribution in [0.15, 0.2) is 18.2 Å². The van der Waals surface area contributed by atoms with Gasteiger partial charge in [0.15, 0.2) is 0 Å². The average Bonchev–Trinajstić information content (AvgIpc) is 2.69. The monoisotopic (exact) mass is 235 g/mol. The van der Waals surface area contributed by atoms with Gasteiger partial charge in [0.05, 0.1) is 7.11 Å². The van der Waals surface area contributed by atoms with Crippen LogP contribution in [0, 0.1) is 0 Å². The largest absolute Gasteiger partial charge is 0.496 e. The predicted octanol–water partition coefficient (Wildman–Crippen LogP) is 2.39. The van der Waals surface area contributed by atoms with Crippen LogP contribution in [0.2, 0.25) is 0 Å². The molecule has 1 aromatic carbocycles. The Balaban J connectivity index is 2.43. The lowest BCUT2D eigenvalue weighted by Gasteiger charge is -2.24. The minimum atomic E-state index is 0.230. The molecule has 0 spiro atoms. The van der Waals surface area contributed by atoms with Gasteiger partial charge in [0.2, 0.25) is 0 Å². The van der Waals surface area contributed by atoms with E-state index in [0.29, 0.717) is 12.0 Å². The SMILES string of the molecule is COc1cccc2c1C(CCO)CN2C(C)C. The van der Waals surface area contributed by atoms with Gasteiger partial charge in [-0.1, -0.05) is 6.07 Å². The number of rotatable bonds is 4. The van der Waals surface area contributed by atoms with Gasteiger partial charge in [-0.3, -0.25) is 0 Å². The van der Waals surface area contributed by atoms with Crippen molar-refractivity contribution >= 4 is 5.69 Å². The zero-order valence-electron chi connectivity index (χ0n) is 10.8. The van der Waals surface area contributed by atoms with Crippen LogP contribution >= 0.6 is 0 Å². The summed E-state index contributed by atoms with van der Waals surface area (Å²) in [4.78, 5) is 2.39. The van der Waals surface area contributed by atoms with Crippen LogP contribution in [0.4, 0.5) is 5.69 Å². The summed E-state index contributed by atoms with van der Waals surface area (Å²) in [6.45, 7) is 5.61. The molecule has 1 aliphatic heterocycles. The quantitative estimate of drug-likeness (QED) is 0.869. The summed E-state index contributed by atoms with van der Waals surface area (Å²) in [6, 6.07) is 6.67. The van der Waals surface area contributed by atoms with Crippen LogP contribution in [0.3, 0.4) is 0 Å². The first kappa shape index (κ1) is 12.2. The predicted molar refractivity (Wildman–Crippen MR) is 69.9 cm³/mol. The van der Waals surface area contributed by atoms with E-state index >= 15 is 0 Å². The number of aliphatic hydroxyl groups excluding tert-OH is 1. The highest BCUT2D eigenvalue weighted by molar-refractivity contribution is 5.65. The highest BCUT2D eigenvalue weighted by Crippen LogP contribution is 2.44. The standard InChI is InChI=1S/C14H21NO2/c1-10(2)15-9-11(7-8-16)14-12(15)5-4-6-13(14)17-3/h4-6,10-11,16H,7-9H2,1-3H3. The zero-order valence-corrected chi connectivity index (χ0v) is 10.8. The molecule has 1 heterocycles. The Morgan fingerprint density at radius 1 is 1.47 bits per heavy atom. The fourth-order valence-corrected chi connectivity index (χ4v) is 2.68. The first-order valence-electron chi connectivity index (χ1n) is 6.23. The number of benzene rings is 1. The highest BCUT2D eigenvalue weighted by Gasteiger charge is 2.32. The molecule has 0 saturated heterocycles. The second-order valence-corrected chi connectivity index (χ2v) is 4.85. The minimum absolute atomic E-state index is 0.230. The van der Waals surface area contributed by atoms with Crippen molar-refractivity contribution < 1.29 is 9.84 Å². The Morgan fingerprint density at radius 2 is 2.24 bits per heavy atom. The third kappa shape index (κ3) is 2.12. The van der Waals surface area contributed by atoms with Crippen molar-refractivity contribution in [3.63, 3.8) is 0 Å². The highest BCUT2D eigenvalue weighted by atomic mass is 16.5. The smallest absolute Gasteiger partial charge is 0.124 e. The first-order valence-corrected chi connectivity index (χ1v) is 6.23. The van der Waals surface area contributed by atoms with E-state index in [1.54, 1.807) is 7.11 Å². The number of fused-ring (bicyclic) bond motifs is 1. The van der Waals surface area contributed by atoms with E-state index in [1.165, 1.54) is 11.3 Å². The van der Waals surface area contributed by atoms with Crippen molar-refractivity contribution in [2.24, 2.45) is 0 Å². The Bertz CT molecular complexity index is 390. The molecule has 0 aromatic heterocycles. The molecule has 1 unspecified atom stereocenters. The van der Waals surface area contributed by atoms with Crippen LogP contribution in [0.25, 0.3) is 0 Å². The van der Waals surface area contributed by atoms with Gasteiger partial charge < -0.3 is 14.7 Å². The lowest BCUT2D eigenvalue weighted by molar-refractivity contribution is 0.276. The Kier molecular flexibility index (Phi) is 3.57. The maximum atomic E-state index is 9.18. The molecular weight excluding hydrogens is 214 g/mol. The molecule has 1 aromatic rings. The van der Waals surface area contributed by atoms with Gasteiger partial charge in [-0.05, 0) is 32.4 Å². The normalized spacial score (nSPS) is 18.6. The second kappa shape index (κ2) is 4.96. The Labute approximate surface area is 103 Å². The van der Waals surface area contributed by atoms with E-state index in [0.717, 1.165) is 18.7 Å². The van der Waals surface area contributed by atoms with Crippen molar-refractivity contribution in [3.05, 3.63) is 23.8 Å². The number of anilines is 1. The van der Waals surface area contributed by atoms with E-state index in [2.05, 4.69) is 24.8 Å². The molecule has 2 rings (SSSR count). The van der Waals surface area contributed by atoms with Crippen molar-refractivity contribution in [1.29, 1.82) is 0 Å². The maximum Gasteiger partial charge on any atom is 0.124 e. The molecule has 0 fully saturated rings. The van der Waals surface area contributed by atoms with E-state index in [9.17, 15) is 5.11 Å². The number of methoxy groups -OCH3 is 1. The molecule has 0 saturated carbocycles. The topological polar surface area (TPSA) is 32.7 Å². The van der Waals surface area contributed by atoms with E-state index in [-0.39, 0.29) is 6.61 Å². The maximum absolute atomic E-state index is 9.18. The van der Waals surface area contributed by atoms with Crippen LogP contribution in [-0.4, -0.2) is 31.4 Å². The molecule has 0 radical (unpaired) electrons. The fraction of sp³-hybridized carbons (Fsp3) is 0.571. The Morgan fingerprint density at radius 3 is 2.82 bits per heavy atom. The second-order valence-electron chi connectivity index (χ2n) is 4.85. The van der Waals surface area contributed by atoms with Crippen LogP contribution in [0.5, 0.6) is 5.75 Å². The van der Waals surface area contributed by atoms with E-state index in [1.807, 2.05) is 12.1 Å². The van der Waals surface area contributed by atoms with Gasteiger partial charge in [0.1, 0.15) is 5.75 Å². The summed E-state index contributed by atoms with van der Waals surface area (Å²) in [5, 5.41) is 9.18. The zero-order chi connectivity index (χ0) is 12.4. The molecule has 1 N–H and O–H groups in total. The summed E-state index contributed by atoms with van der Waals surface area (Å²) >= 11 is 0. The summed E-state index contributed by atoms with van der Waals surface area (Å²) in [6.07, 6.45) is 0.802. The van der Waals surface area contributed by atoms with Crippen molar-refractivity contribution in [1.82, 2.24) is 0 Å². The van der Waals surface area contributed by atoms with Gasteiger partial charge in [-0.25, -0.2) is 0 Å². The molecular formula is C14H21NO2. The number of aliphatic hydroxyl groups is 1. The lowest BCUT2D eigenvalue weighted by Crippen LogP contribution is -2.29.